The lowest BCUT2D eigenvalue weighted by atomic mass is 10.2. The van der Waals surface area contributed by atoms with Gasteiger partial charge in [0.1, 0.15) is 5.52 Å². The predicted octanol–water partition coefficient (Wildman–Crippen LogP) is 2.59. The molecule has 1 aromatic heterocycles. The van der Waals surface area contributed by atoms with Gasteiger partial charge in [-0.05, 0) is 26.1 Å². The maximum atomic E-state index is 14.1. The van der Waals surface area contributed by atoms with E-state index in [4.69, 9.17) is 5.41 Å². The fraction of sp³-hybridized carbons (Fsp3) is 0.529. The van der Waals surface area contributed by atoms with E-state index in [0.717, 1.165) is 32.2 Å². The lowest BCUT2D eigenvalue weighted by Crippen LogP contribution is -2.47. The molecule has 2 heterocycles. The molecule has 1 fully saturated rings. The van der Waals surface area contributed by atoms with Gasteiger partial charge >= 0.3 is 0 Å². The summed E-state index contributed by atoms with van der Waals surface area (Å²) in [7, 11) is 2.05. The molecule has 24 heavy (non-hydrogen) atoms. The van der Waals surface area contributed by atoms with E-state index in [1.807, 2.05) is 25.7 Å². The second kappa shape index (κ2) is 7.70. The van der Waals surface area contributed by atoms with Crippen molar-refractivity contribution >= 4 is 16.9 Å². The van der Waals surface area contributed by atoms with Gasteiger partial charge < -0.3 is 14.4 Å². The minimum absolute atomic E-state index is 0.0605. The van der Waals surface area contributed by atoms with Crippen molar-refractivity contribution in [2.24, 2.45) is 0 Å². The number of likely N-dealkylation sites (N-methyl/N-ethyl adjacent to an activating group) is 1. The van der Waals surface area contributed by atoms with Gasteiger partial charge in [0, 0.05) is 32.7 Å². The van der Waals surface area contributed by atoms with E-state index in [-0.39, 0.29) is 11.0 Å². The van der Waals surface area contributed by atoms with Crippen LogP contribution in [0, 0.1) is 17.0 Å². The van der Waals surface area contributed by atoms with Gasteiger partial charge in [-0.15, -0.1) is 0 Å². The number of piperazine rings is 1. The van der Waals surface area contributed by atoms with Gasteiger partial charge in [0.2, 0.25) is 0 Å². The van der Waals surface area contributed by atoms with Crippen molar-refractivity contribution in [1.82, 2.24) is 14.5 Å². The molecule has 1 aliphatic heterocycles. The highest BCUT2D eigenvalue weighted by atomic mass is 19.2. The number of nitrogens with zero attached hydrogens (tertiary/aromatic N) is 4. The summed E-state index contributed by atoms with van der Waals surface area (Å²) < 4.78 is 29.1. The van der Waals surface area contributed by atoms with E-state index >= 15 is 0 Å². The molecule has 0 unspecified atom stereocenters. The van der Waals surface area contributed by atoms with Gasteiger partial charge in [-0.3, -0.25) is 5.41 Å². The number of halogens is 2. The van der Waals surface area contributed by atoms with Crippen LogP contribution in [0.4, 0.5) is 14.6 Å². The average Bonchev–Trinajstić information content (AvgIpc) is 2.61. The van der Waals surface area contributed by atoms with Gasteiger partial charge in [-0.2, -0.15) is 0 Å². The third-order valence-electron chi connectivity index (χ3n) is 4.14. The summed E-state index contributed by atoms with van der Waals surface area (Å²) in [5.41, 5.74) is 0.570. The first-order valence-electron chi connectivity index (χ1n) is 8.39. The second-order valence-corrected chi connectivity index (χ2v) is 5.55. The highest BCUT2D eigenvalue weighted by Crippen LogP contribution is 2.20. The van der Waals surface area contributed by atoms with Gasteiger partial charge in [0.05, 0.1) is 5.52 Å². The molecule has 3 rings (SSSR count). The lowest BCUT2D eigenvalue weighted by molar-refractivity contribution is 0.311. The third-order valence-corrected chi connectivity index (χ3v) is 4.14. The Hall–Kier alpha value is -2.02. The van der Waals surface area contributed by atoms with Gasteiger partial charge in [0.15, 0.2) is 22.9 Å². The first kappa shape index (κ1) is 18.3. The summed E-state index contributed by atoms with van der Waals surface area (Å²) in [5.74, 6) is -1.32. The molecule has 1 aliphatic rings. The van der Waals surface area contributed by atoms with E-state index in [1.165, 1.54) is 10.6 Å². The van der Waals surface area contributed by atoms with E-state index < -0.39 is 11.6 Å². The average molecular weight is 337 g/mol. The van der Waals surface area contributed by atoms with Crippen LogP contribution in [-0.2, 0) is 6.54 Å². The number of aromatic nitrogens is 2. The zero-order chi connectivity index (χ0) is 17.9. The Kier molecular flexibility index (Phi) is 5.88. The summed E-state index contributed by atoms with van der Waals surface area (Å²) in [6.07, 6.45) is 0. The van der Waals surface area contributed by atoms with Crippen LogP contribution in [0.3, 0.4) is 0 Å². The number of aryl methyl sites for hydroxylation is 1. The molecule has 132 valence electrons. The zero-order valence-corrected chi connectivity index (χ0v) is 14.7. The van der Waals surface area contributed by atoms with E-state index in [1.54, 1.807) is 0 Å². The number of anilines is 1. The molecule has 1 saturated heterocycles. The van der Waals surface area contributed by atoms with Crippen molar-refractivity contribution in [2.45, 2.75) is 27.3 Å². The molecule has 0 spiro atoms. The molecule has 1 aromatic carbocycles. The molecule has 2 aromatic rings. The second-order valence-electron chi connectivity index (χ2n) is 5.55. The normalized spacial score (nSPS) is 15.3. The maximum Gasteiger partial charge on any atom is 0.184 e. The first-order valence-corrected chi connectivity index (χ1v) is 8.39. The van der Waals surface area contributed by atoms with Gasteiger partial charge in [-0.1, -0.05) is 13.8 Å². The first-order chi connectivity index (χ1) is 11.5. The number of fused-ring (bicyclic) bond motifs is 1. The number of rotatable bonds is 2. The molecule has 0 saturated carbocycles. The highest BCUT2D eigenvalue weighted by Gasteiger charge is 2.20. The van der Waals surface area contributed by atoms with Crippen molar-refractivity contribution in [3.05, 3.63) is 29.3 Å². The fourth-order valence-electron chi connectivity index (χ4n) is 2.83. The fourth-order valence-corrected chi connectivity index (χ4v) is 2.83. The van der Waals surface area contributed by atoms with Crippen molar-refractivity contribution < 1.29 is 8.78 Å². The standard InChI is InChI=1S/C15H19F2N5.C2H6/c1-3-22-13-11(5-4-10(16)12(13)17)19-15(14(22)18)21-8-6-20(2)7-9-21;1-2/h4-5,18H,3,6-9H2,1-2H3;1-2H3. The van der Waals surface area contributed by atoms with Crippen LogP contribution in [0.15, 0.2) is 12.1 Å². The van der Waals surface area contributed by atoms with Crippen molar-refractivity contribution in [1.29, 1.82) is 5.41 Å². The van der Waals surface area contributed by atoms with Gasteiger partial charge in [-0.25, -0.2) is 13.8 Å². The molecular weight excluding hydrogens is 312 g/mol. The van der Waals surface area contributed by atoms with E-state index in [2.05, 4.69) is 16.9 Å². The molecule has 0 amide bonds. The number of benzene rings is 1. The number of hydrogen-bond donors (Lipinski definition) is 1. The van der Waals surface area contributed by atoms with Crippen molar-refractivity contribution in [2.75, 3.05) is 38.1 Å². The number of hydrogen-bond acceptors (Lipinski definition) is 4. The highest BCUT2D eigenvalue weighted by molar-refractivity contribution is 5.77. The van der Waals surface area contributed by atoms with Crippen LogP contribution in [-0.4, -0.2) is 47.7 Å². The summed E-state index contributed by atoms with van der Waals surface area (Å²) in [4.78, 5) is 8.68. The monoisotopic (exact) mass is 337 g/mol. The smallest absolute Gasteiger partial charge is 0.184 e. The van der Waals surface area contributed by atoms with Crippen LogP contribution >= 0.6 is 0 Å². The Balaban J connectivity index is 0.00000100. The topological polar surface area (TPSA) is 48.2 Å². The van der Waals surface area contributed by atoms with E-state index in [0.29, 0.717) is 17.9 Å². The number of nitrogens with one attached hydrogen (secondary N) is 1. The Morgan fingerprint density at radius 1 is 1.12 bits per heavy atom. The maximum absolute atomic E-state index is 14.1. The lowest BCUT2D eigenvalue weighted by Gasteiger charge is -2.33. The van der Waals surface area contributed by atoms with Crippen molar-refractivity contribution in [3.8, 4) is 0 Å². The molecular formula is C17H25F2N5. The molecule has 0 aliphatic carbocycles. The molecule has 0 atom stereocenters. The molecule has 7 heteroatoms. The van der Waals surface area contributed by atoms with Crippen LogP contribution in [0.25, 0.3) is 11.0 Å². The Morgan fingerprint density at radius 3 is 2.33 bits per heavy atom. The Bertz CT molecular complexity index is 764. The van der Waals surface area contributed by atoms with Crippen LogP contribution < -0.4 is 10.4 Å². The van der Waals surface area contributed by atoms with Crippen LogP contribution in [0.2, 0.25) is 0 Å². The Morgan fingerprint density at radius 2 is 1.75 bits per heavy atom. The van der Waals surface area contributed by atoms with Crippen LogP contribution in [0.1, 0.15) is 20.8 Å². The zero-order valence-electron chi connectivity index (χ0n) is 14.7. The summed E-state index contributed by atoms with van der Waals surface area (Å²) in [5, 5.41) is 8.34. The summed E-state index contributed by atoms with van der Waals surface area (Å²) in [6, 6.07) is 2.56. The molecule has 0 radical (unpaired) electrons. The largest absolute Gasteiger partial charge is 0.351 e. The predicted molar refractivity (Wildman–Crippen MR) is 92.2 cm³/mol. The Labute approximate surface area is 141 Å². The van der Waals surface area contributed by atoms with Crippen molar-refractivity contribution in [3.63, 3.8) is 0 Å². The van der Waals surface area contributed by atoms with Gasteiger partial charge in [0.25, 0.3) is 0 Å². The van der Waals surface area contributed by atoms with Crippen LogP contribution in [0.5, 0.6) is 0 Å². The minimum atomic E-state index is -0.940. The molecule has 1 N–H and O–H groups in total. The molecule has 5 nitrogen and oxygen atoms in total. The quantitative estimate of drug-likeness (QED) is 0.916. The summed E-state index contributed by atoms with van der Waals surface area (Å²) >= 11 is 0. The minimum Gasteiger partial charge on any atom is -0.351 e. The SMILES string of the molecule is CC.CCn1c(=N)c(N2CCN(C)CC2)nc2ccc(F)c(F)c21. The third kappa shape index (κ3) is 3.26. The summed E-state index contributed by atoms with van der Waals surface area (Å²) in [6.45, 7) is 9.53. The van der Waals surface area contributed by atoms with E-state index in [9.17, 15) is 8.78 Å². The molecule has 0 bridgehead atoms.